The Morgan fingerprint density at radius 1 is 0.818 bits per heavy atom. The monoisotopic (exact) mass is 647 g/mol. The van der Waals surface area contributed by atoms with Crippen LogP contribution in [0.15, 0.2) is 29.2 Å². The summed E-state index contributed by atoms with van der Waals surface area (Å²) in [5.74, 6) is 0. The van der Waals surface area contributed by atoms with Gasteiger partial charge in [0.2, 0.25) is 10.0 Å². The Morgan fingerprint density at radius 3 is 1.89 bits per heavy atom. The lowest BCUT2D eigenvalue weighted by Gasteiger charge is -2.40. The first-order chi connectivity index (χ1) is 21.0. The number of nitrogens with one attached hydrogen (secondary N) is 1. The molecular weight excluding hydrogens is 590 g/mol. The maximum atomic E-state index is 13.2. The molecule has 1 aromatic rings. The van der Waals surface area contributed by atoms with Gasteiger partial charge in [0.15, 0.2) is 6.29 Å². The van der Waals surface area contributed by atoms with Crippen LogP contribution >= 0.6 is 0 Å². The largest absolute Gasteiger partial charge is 0.394 e. The third kappa shape index (κ3) is 12.9. The number of hydrogen-bond donors (Lipinski definition) is 7. The molecule has 1 saturated heterocycles. The van der Waals surface area contributed by atoms with Crippen molar-refractivity contribution < 1.29 is 48.5 Å². The van der Waals surface area contributed by atoms with E-state index in [1.807, 2.05) is 6.92 Å². The summed E-state index contributed by atoms with van der Waals surface area (Å²) in [5, 5.41) is 61.7. The van der Waals surface area contributed by atoms with Crippen molar-refractivity contribution in [1.29, 1.82) is 0 Å². The zero-order valence-electron chi connectivity index (χ0n) is 26.5. The van der Waals surface area contributed by atoms with Gasteiger partial charge in [-0.05, 0) is 30.5 Å². The molecule has 0 unspecified atom stereocenters. The Balaban J connectivity index is 1.94. The first kappa shape index (κ1) is 39.0. The third-order valence-corrected chi connectivity index (χ3v) is 9.90. The van der Waals surface area contributed by atoms with E-state index in [-0.39, 0.29) is 11.3 Å². The van der Waals surface area contributed by atoms with Crippen LogP contribution in [0, 0.1) is 0 Å². The molecule has 44 heavy (non-hydrogen) atoms. The second kappa shape index (κ2) is 20.8. The molecule has 2 rings (SSSR count). The second-order valence-corrected chi connectivity index (χ2v) is 13.7. The first-order valence-corrected chi connectivity index (χ1v) is 17.9. The topological polar surface area (TPSA) is 186 Å². The maximum absolute atomic E-state index is 13.2. The number of aryl methyl sites for hydroxylation is 1. The van der Waals surface area contributed by atoms with Gasteiger partial charge >= 0.3 is 0 Å². The highest BCUT2D eigenvalue weighted by molar-refractivity contribution is 7.89. The zero-order valence-corrected chi connectivity index (χ0v) is 27.3. The van der Waals surface area contributed by atoms with E-state index in [4.69, 9.17) is 9.47 Å². The van der Waals surface area contributed by atoms with E-state index < -0.39 is 72.2 Å². The number of sulfonamides is 1. The number of aliphatic hydroxyl groups excluding tert-OH is 6. The molecule has 1 fully saturated rings. The summed E-state index contributed by atoms with van der Waals surface area (Å²) >= 11 is 0. The highest BCUT2D eigenvalue weighted by Crippen LogP contribution is 2.23. The average Bonchev–Trinajstić information content (AvgIpc) is 3.02. The molecule has 0 aliphatic carbocycles. The van der Waals surface area contributed by atoms with Crippen molar-refractivity contribution in [3.8, 4) is 0 Å². The quantitative estimate of drug-likeness (QED) is 0.0871. The fourth-order valence-electron chi connectivity index (χ4n) is 5.41. The molecule has 1 heterocycles. The summed E-state index contributed by atoms with van der Waals surface area (Å²) in [4.78, 5) is -0.0322. The van der Waals surface area contributed by atoms with E-state index in [9.17, 15) is 39.1 Å². The number of rotatable bonds is 23. The summed E-state index contributed by atoms with van der Waals surface area (Å²) in [6.45, 7) is 2.97. The molecule has 0 radical (unpaired) electrons. The lowest BCUT2D eigenvalue weighted by Crippen LogP contribution is -2.60. The van der Waals surface area contributed by atoms with Crippen LogP contribution in [0.1, 0.15) is 103 Å². The molecule has 1 aliphatic rings. The van der Waals surface area contributed by atoms with Gasteiger partial charge in [-0.15, -0.1) is 0 Å². The zero-order chi connectivity index (χ0) is 32.5. The van der Waals surface area contributed by atoms with Gasteiger partial charge in [-0.3, -0.25) is 0 Å². The fraction of sp³-hybridized carbons (Fsp3) is 0.812. The van der Waals surface area contributed by atoms with E-state index in [2.05, 4.69) is 11.6 Å². The van der Waals surface area contributed by atoms with Crippen molar-refractivity contribution >= 4 is 10.0 Å². The molecule has 11 nitrogen and oxygen atoms in total. The third-order valence-electron chi connectivity index (χ3n) is 8.40. The maximum Gasteiger partial charge on any atom is 0.240 e. The number of aliphatic hydroxyl groups is 6. The van der Waals surface area contributed by atoms with Crippen LogP contribution in [0.4, 0.5) is 0 Å². The summed E-state index contributed by atoms with van der Waals surface area (Å²) in [5.41, 5.74) is 0.948. The van der Waals surface area contributed by atoms with E-state index in [0.29, 0.717) is 6.42 Å². The van der Waals surface area contributed by atoms with Crippen LogP contribution in [0.5, 0.6) is 0 Å². The minimum atomic E-state index is -4.15. The molecule has 8 atom stereocenters. The Labute approximate surface area is 263 Å². The number of unbranched alkanes of at least 4 members (excludes halogenated alkanes) is 11. The highest BCUT2D eigenvalue weighted by Gasteiger charge is 2.44. The molecule has 7 N–H and O–H groups in total. The van der Waals surface area contributed by atoms with Crippen molar-refractivity contribution in [2.24, 2.45) is 0 Å². The van der Waals surface area contributed by atoms with Crippen molar-refractivity contribution in [2.75, 3.05) is 13.2 Å². The van der Waals surface area contributed by atoms with Gasteiger partial charge in [0, 0.05) is 0 Å². The van der Waals surface area contributed by atoms with Crippen LogP contribution in [0.2, 0.25) is 0 Å². The number of hydrogen-bond acceptors (Lipinski definition) is 10. The van der Waals surface area contributed by atoms with E-state index in [0.717, 1.165) is 31.2 Å². The van der Waals surface area contributed by atoms with E-state index in [1.54, 1.807) is 12.1 Å². The van der Waals surface area contributed by atoms with Gasteiger partial charge in [0.25, 0.3) is 0 Å². The lowest BCUT2D eigenvalue weighted by molar-refractivity contribution is -0.303. The Morgan fingerprint density at radius 2 is 1.36 bits per heavy atom. The van der Waals surface area contributed by atoms with Crippen molar-refractivity contribution in [1.82, 2.24) is 4.72 Å². The van der Waals surface area contributed by atoms with E-state index in [1.165, 1.54) is 63.5 Å². The summed E-state index contributed by atoms with van der Waals surface area (Å²) in [7, 11) is -4.15. The Hall–Kier alpha value is -1.19. The molecule has 0 aromatic heterocycles. The molecule has 1 aliphatic heterocycles. The van der Waals surface area contributed by atoms with Gasteiger partial charge < -0.3 is 40.1 Å². The SMILES string of the molecule is CCCCCCCCCCCCCC[C@@H](O)[C@@H](O)[C@@H](CO[C@H]1O[C@H](CO)[C@H](O)[C@H](O)[C@H]1O)NS(=O)(=O)c1ccc(CC)cc1. The molecule has 0 bridgehead atoms. The van der Waals surface area contributed by atoms with Crippen LogP contribution < -0.4 is 4.72 Å². The van der Waals surface area contributed by atoms with Crippen LogP contribution in [-0.4, -0.2) is 101 Å². The van der Waals surface area contributed by atoms with Gasteiger partial charge in [0.05, 0.1) is 36.4 Å². The predicted octanol–water partition coefficient (Wildman–Crippen LogP) is 2.53. The van der Waals surface area contributed by atoms with Gasteiger partial charge in [0.1, 0.15) is 24.4 Å². The molecule has 0 amide bonds. The van der Waals surface area contributed by atoms with Crippen LogP contribution in [-0.2, 0) is 25.9 Å². The summed E-state index contributed by atoms with van der Waals surface area (Å²) < 4.78 is 39.7. The Bertz CT molecular complexity index is 993. The van der Waals surface area contributed by atoms with Crippen LogP contribution in [0.3, 0.4) is 0 Å². The molecular formula is C32H57NO10S. The molecule has 1 aromatic carbocycles. The van der Waals surface area contributed by atoms with Crippen molar-refractivity contribution in [3.63, 3.8) is 0 Å². The van der Waals surface area contributed by atoms with Crippen molar-refractivity contribution in [2.45, 2.75) is 158 Å². The lowest BCUT2D eigenvalue weighted by atomic mass is 9.99. The minimum absolute atomic E-state index is 0.0322. The molecule has 256 valence electrons. The molecule has 0 saturated carbocycles. The van der Waals surface area contributed by atoms with Gasteiger partial charge in [-0.1, -0.05) is 103 Å². The predicted molar refractivity (Wildman–Crippen MR) is 167 cm³/mol. The number of ether oxygens (including phenoxy) is 2. The van der Waals surface area contributed by atoms with Gasteiger partial charge in [-0.2, -0.15) is 0 Å². The fourth-order valence-corrected chi connectivity index (χ4v) is 6.65. The normalized spacial score (nSPS) is 24.7. The smallest absolute Gasteiger partial charge is 0.240 e. The number of benzene rings is 1. The molecule has 0 spiro atoms. The summed E-state index contributed by atoms with van der Waals surface area (Å²) in [6, 6.07) is 4.93. The summed E-state index contributed by atoms with van der Waals surface area (Å²) in [6.07, 6.45) is 4.27. The Kier molecular flexibility index (Phi) is 18.5. The minimum Gasteiger partial charge on any atom is -0.394 e. The first-order valence-electron chi connectivity index (χ1n) is 16.4. The average molecular weight is 648 g/mol. The van der Waals surface area contributed by atoms with Crippen LogP contribution in [0.25, 0.3) is 0 Å². The molecule has 12 heteroatoms. The highest BCUT2D eigenvalue weighted by atomic mass is 32.2. The standard InChI is InChI=1S/C32H57NO10S/c1-3-5-6-7-8-9-10-11-12-13-14-15-16-26(35)28(36)25(33-44(40,41)24-19-17-23(4-2)18-20-24)22-42-32-31(39)30(38)29(37)27(21-34)43-32/h17-20,25-39H,3-16,21-22H2,1-2H3/t25-,26-,27-,28+,29+,30+,31-,32+/m1/s1. The van der Waals surface area contributed by atoms with E-state index >= 15 is 0 Å². The van der Waals surface area contributed by atoms with Crippen molar-refractivity contribution in [3.05, 3.63) is 29.8 Å². The second-order valence-electron chi connectivity index (χ2n) is 12.0. The van der Waals surface area contributed by atoms with Gasteiger partial charge in [-0.25, -0.2) is 13.1 Å².